The lowest BCUT2D eigenvalue weighted by molar-refractivity contribution is 0.194. The number of hydrogen-bond donors (Lipinski definition) is 1. The van der Waals surface area contributed by atoms with Gasteiger partial charge in [-0.1, -0.05) is 65.7 Å². The molecule has 0 fully saturated rings. The maximum absolute atomic E-state index is 13.7. The maximum Gasteiger partial charge on any atom is 0.322 e. The van der Waals surface area contributed by atoms with Crippen molar-refractivity contribution in [1.29, 1.82) is 0 Å². The fraction of sp³-hybridized carbons (Fsp3) is 0.148. The van der Waals surface area contributed by atoms with Crippen molar-refractivity contribution >= 4 is 23.3 Å². The van der Waals surface area contributed by atoms with Crippen LogP contribution in [-0.2, 0) is 6.54 Å². The molecule has 5 rings (SSSR count). The highest BCUT2D eigenvalue weighted by atomic mass is 35.5. The van der Waals surface area contributed by atoms with Gasteiger partial charge in [0, 0.05) is 22.6 Å². The summed E-state index contributed by atoms with van der Waals surface area (Å²) in [4.78, 5) is 15.6. The zero-order chi connectivity index (χ0) is 22.2. The van der Waals surface area contributed by atoms with Crippen molar-refractivity contribution in [3.63, 3.8) is 0 Å². The predicted molar refractivity (Wildman–Crippen MR) is 130 cm³/mol. The van der Waals surface area contributed by atoms with Crippen LogP contribution < -0.4 is 5.32 Å². The Morgan fingerprint density at radius 2 is 1.81 bits per heavy atom. The zero-order valence-corrected chi connectivity index (χ0v) is 18.8. The Morgan fingerprint density at radius 3 is 2.62 bits per heavy atom. The van der Waals surface area contributed by atoms with Crippen molar-refractivity contribution in [2.24, 2.45) is 0 Å². The standard InChI is InChI=1S/C27H24ClN3O/c1-18-7-5-9-20(15-18)26-25-11-6-14-30(25)24-10-4-3-8-21(24)17-31(26)27(32)29-22-13-12-19(2)23(28)16-22/h3-16,26H,17H2,1-2H3,(H,29,32)/t26-/m1/s1. The number of nitrogens with zero attached hydrogens (tertiary/aromatic N) is 2. The first-order valence-electron chi connectivity index (χ1n) is 10.7. The summed E-state index contributed by atoms with van der Waals surface area (Å²) in [5, 5.41) is 3.70. The molecule has 1 atom stereocenters. The number of hydrogen-bond acceptors (Lipinski definition) is 1. The molecule has 160 valence electrons. The largest absolute Gasteiger partial charge is 0.322 e. The molecule has 3 aromatic carbocycles. The second kappa shape index (κ2) is 8.21. The molecule has 0 unspecified atom stereocenters. The number of benzene rings is 3. The van der Waals surface area contributed by atoms with E-state index in [4.69, 9.17) is 11.6 Å². The zero-order valence-electron chi connectivity index (χ0n) is 18.0. The Hall–Kier alpha value is -3.50. The number of fused-ring (bicyclic) bond motifs is 3. The van der Waals surface area contributed by atoms with E-state index in [9.17, 15) is 4.79 Å². The van der Waals surface area contributed by atoms with Crippen LogP contribution in [0.25, 0.3) is 5.69 Å². The van der Waals surface area contributed by atoms with Crippen molar-refractivity contribution in [1.82, 2.24) is 9.47 Å². The highest BCUT2D eigenvalue weighted by molar-refractivity contribution is 6.31. The summed E-state index contributed by atoms with van der Waals surface area (Å²) in [6.45, 7) is 4.51. The summed E-state index contributed by atoms with van der Waals surface area (Å²) in [5.41, 5.74) is 7.14. The Labute approximate surface area is 193 Å². The lowest BCUT2D eigenvalue weighted by Gasteiger charge is -2.31. The number of nitrogens with one attached hydrogen (secondary N) is 1. The molecule has 2 amide bonds. The maximum atomic E-state index is 13.7. The summed E-state index contributed by atoms with van der Waals surface area (Å²) in [7, 11) is 0. The van der Waals surface area contributed by atoms with E-state index in [2.05, 4.69) is 59.4 Å². The number of aryl methyl sites for hydroxylation is 2. The topological polar surface area (TPSA) is 37.3 Å². The van der Waals surface area contributed by atoms with E-state index in [1.54, 1.807) is 6.07 Å². The minimum Gasteiger partial charge on any atom is -0.318 e. The number of amides is 2. The molecule has 0 saturated carbocycles. The van der Waals surface area contributed by atoms with Crippen molar-refractivity contribution in [3.8, 4) is 5.69 Å². The predicted octanol–water partition coefficient (Wildman–Crippen LogP) is 6.88. The highest BCUT2D eigenvalue weighted by Crippen LogP contribution is 2.37. The first-order chi connectivity index (χ1) is 15.5. The van der Waals surface area contributed by atoms with Gasteiger partial charge < -0.3 is 14.8 Å². The van der Waals surface area contributed by atoms with E-state index in [0.29, 0.717) is 17.3 Å². The normalized spacial score (nSPS) is 15.0. The van der Waals surface area contributed by atoms with Gasteiger partial charge in [0.05, 0.1) is 18.3 Å². The first-order valence-corrected chi connectivity index (χ1v) is 11.0. The number of urea groups is 1. The smallest absolute Gasteiger partial charge is 0.318 e. The Bertz CT molecular complexity index is 1310. The molecule has 5 heteroatoms. The van der Waals surface area contributed by atoms with Crippen LogP contribution in [0.15, 0.2) is 85.1 Å². The molecular formula is C27H24ClN3O. The number of carbonyl (C=O) groups excluding carboxylic acids is 1. The lowest BCUT2D eigenvalue weighted by Crippen LogP contribution is -2.38. The number of halogens is 1. The number of para-hydroxylation sites is 1. The molecular weight excluding hydrogens is 418 g/mol. The summed E-state index contributed by atoms with van der Waals surface area (Å²) in [6, 6.07) is 25.9. The molecule has 0 saturated heterocycles. The van der Waals surface area contributed by atoms with Crippen LogP contribution in [0.2, 0.25) is 5.02 Å². The quantitative estimate of drug-likeness (QED) is 0.361. The van der Waals surface area contributed by atoms with E-state index in [1.807, 2.05) is 48.2 Å². The molecule has 0 aliphatic carbocycles. The summed E-state index contributed by atoms with van der Waals surface area (Å²) in [5.74, 6) is 0. The second-order valence-electron chi connectivity index (χ2n) is 8.27. The molecule has 1 N–H and O–H groups in total. The van der Waals surface area contributed by atoms with Gasteiger partial charge in [-0.3, -0.25) is 0 Å². The SMILES string of the molecule is Cc1cccc([C@@H]2c3cccn3-c3ccccc3CN2C(=O)Nc2ccc(C)c(Cl)c2)c1. The van der Waals surface area contributed by atoms with Gasteiger partial charge in [0.25, 0.3) is 0 Å². The van der Waals surface area contributed by atoms with Crippen molar-refractivity contribution in [2.75, 3.05) is 5.32 Å². The number of carbonyl (C=O) groups is 1. The average Bonchev–Trinajstić information content (AvgIpc) is 3.20. The molecule has 4 nitrogen and oxygen atoms in total. The van der Waals surface area contributed by atoms with Crippen molar-refractivity contribution < 1.29 is 4.79 Å². The molecule has 1 aromatic heterocycles. The molecule has 4 aromatic rings. The van der Waals surface area contributed by atoms with Crippen LogP contribution >= 0.6 is 11.6 Å². The molecule has 0 radical (unpaired) electrons. The fourth-order valence-electron chi connectivity index (χ4n) is 4.40. The highest BCUT2D eigenvalue weighted by Gasteiger charge is 2.33. The Balaban J connectivity index is 1.63. The first kappa shape index (κ1) is 20.4. The van der Waals surface area contributed by atoms with E-state index >= 15 is 0 Å². The van der Waals surface area contributed by atoms with Gasteiger partial charge in [0.1, 0.15) is 0 Å². The average molecular weight is 442 g/mol. The van der Waals surface area contributed by atoms with E-state index < -0.39 is 0 Å². The number of aromatic nitrogens is 1. The summed E-state index contributed by atoms with van der Waals surface area (Å²) >= 11 is 6.30. The molecule has 0 bridgehead atoms. The summed E-state index contributed by atoms with van der Waals surface area (Å²) in [6.07, 6.45) is 2.07. The monoisotopic (exact) mass is 441 g/mol. The third-order valence-corrected chi connectivity index (χ3v) is 6.41. The van der Waals surface area contributed by atoms with Gasteiger partial charge in [-0.25, -0.2) is 4.79 Å². The second-order valence-corrected chi connectivity index (χ2v) is 8.68. The van der Waals surface area contributed by atoms with E-state index in [0.717, 1.165) is 33.6 Å². The van der Waals surface area contributed by atoms with Gasteiger partial charge in [-0.15, -0.1) is 0 Å². The molecule has 0 spiro atoms. The lowest BCUT2D eigenvalue weighted by atomic mass is 10.00. The van der Waals surface area contributed by atoms with Crippen LogP contribution in [0.5, 0.6) is 0 Å². The van der Waals surface area contributed by atoms with Crippen LogP contribution in [0, 0.1) is 13.8 Å². The fourth-order valence-corrected chi connectivity index (χ4v) is 4.58. The third-order valence-electron chi connectivity index (χ3n) is 6.01. The minimum atomic E-state index is -0.238. The van der Waals surface area contributed by atoms with Gasteiger partial charge in [0.2, 0.25) is 0 Å². The van der Waals surface area contributed by atoms with Gasteiger partial charge >= 0.3 is 6.03 Å². The van der Waals surface area contributed by atoms with Crippen molar-refractivity contribution in [2.45, 2.75) is 26.4 Å². The van der Waals surface area contributed by atoms with Crippen LogP contribution in [-0.4, -0.2) is 15.5 Å². The number of rotatable bonds is 2. The molecule has 32 heavy (non-hydrogen) atoms. The molecule has 1 aliphatic heterocycles. The van der Waals surface area contributed by atoms with E-state index in [-0.39, 0.29) is 12.1 Å². The van der Waals surface area contributed by atoms with Gasteiger partial charge in [0.15, 0.2) is 0 Å². The summed E-state index contributed by atoms with van der Waals surface area (Å²) < 4.78 is 2.19. The van der Waals surface area contributed by atoms with E-state index in [1.165, 1.54) is 0 Å². The Kier molecular flexibility index (Phi) is 5.24. The van der Waals surface area contributed by atoms with Crippen molar-refractivity contribution in [3.05, 3.63) is 118 Å². The van der Waals surface area contributed by atoms with Gasteiger partial charge in [-0.2, -0.15) is 0 Å². The molecule has 1 aliphatic rings. The Morgan fingerprint density at radius 1 is 0.969 bits per heavy atom. The van der Waals surface area contributed by atoms with Crippen LogP contribution in [0.1, 0.15) is 34.0 Å². The van der Waals surface area contributed by atoms with Gasteiger partial charge in [-0.05, 0) is 60.9 Å². The number of anilines is 1. The van der Waals surface area contributed by atoms with Crippen LogP contribution in [0.4, 0.5) is 10.5 Å². The third kappa shape index (κ3) is 3.67. The van der Waals surface area contributed by atoms with Crippen LogP contribution in [0.3, 0.4) is 0 Å². The minimum absolute atomic E-state index is 0.166. The molecule has 2 heterocycles.